The summed E-state index contributed by atoms with van der Waals surface area (Å²) in [6.07, 6.45) is 0. The van der Waals surface area contributed by atoms with Crippen LogP contribution in [0.4, 0.5) is 0 Å². The van der Waals surface area contributed by atoms with Crippen LogP contribution < -0.4 is 0 Å². The molecule has 0 fully saturated rings. The van der Waals surface area contributed by atoms with Crippen LogP contribution in [0.3, 0.4) is 0 Å². The van der Waals surface area contributed by atoms with Crippen LogP contribution in [0.25, 0.3) is 0 Å². The van der Waals surface area contributed by atoms with Crippen molar-refractivity contribution in [3.05, 3.63) is 12.2 Å². The molecular formula is C9H15NO4. The van der Waals surface area contributed by atoms with Crippen molar-refractivity contribution in [2.24, 2.45) is 5.16 Å². The minimum Gasteiger partial charge on any atom is -0.466 e. The molecule has 0 unspecified atom stereocenters. The highest BCUT2D eigenvalue weighted by molar-refractivity contribution is 6.37. The summed E-state index contributed by atoms with van der Waals surface area (Å²) >= 11 is 0. The van der Waals surface area contributed by atoms with Crippen molar-refractivity contribution in [3.8, 4) is 0 Å². The lowest BCUT2D eigenvalue weighted by atomic mass is 10.3. The highest BCUT2D eigenvalue weighted by Crippen LogP contribution is 1.87. The van der Waals surface area contributed by atoms with Gasteiger partial charge in [-0.05, 0) is 13.8 Å². The third-order valence-electron chi connectivity index (χ3n) is 1.19. The summed E-state index contributed by atoms with van der Waals surface area (Å²) < 4.78 is 4.27. The SMILES string of the molecule is C=C(C)C(=O)OC.CC(=O)C(C)=NO. The Morgan fingerprint density at radius 1 is 1.29 bits per heavy atom. The Balaban J connectivity index is 0. The normalized spacial score (nSPS) is 9.57. The summed E-state index contributed by atoms with van der Waals surface area (Å²) in [7, 11) is 1.33. The summed E-state index contributed by atoms with van der Waals surface area (Å²) in [4.78, 5) is 20.3. The van der Waals surface area contributed by atoms with Gasteiger partial charge in [0.1, 0.15) is 5.71 Å². The quantitative estimate of drug-likeness (QED) is 0.239. The molecule has 1 N–H and O–H groups in total. The maximum atomic E-state index is 10.2. The maximum absolute atomic E-state index is 10.2. The Morgan fingerprint density at radius 3 is 1.71 bits per heavy atom. The highest BCUT2D eigenvalue weighted by Gasteiger charge is 1.95. The third-order valence-corrected chi connectivity index (χ3v) is 1.19. The van der Waals surface area contributed by atoms with Gasteiger partial charge in [-0.15, -0.1) is 0 Å². The van der Waals surface area contributed by atoms with Crippen molar-refractivity contribution < 1.29 is 19.5 Å². The number of carbonyl (C=O) groups is 2. The molecule has 0 aliphatic carbocycles. The number of rotatable bonds is 2. The predicted octanol–water partition coefficient (Wildman–Crippen LogP) is 1.16. The molecule has 0 aliphatic heterocycles. The number of carbonyl (C=O) groups excluding carboxylic acids is 2. The number of oxime groups is 1. The molecule has 0 heterocycles. The van der Waals surface area contributed by atoms with Crippen LogP contribution in [0.1, 0.15) is 20.8 Å². The Kier molecular flexibility index (Phi) is 8.46. The smallest absolute Gasteiger partial charge is 0.332 e. The second-order valence-electron chi connectivity index (χ2n) is 2.51. The van der Waals surface area contributed by atoms with Gasteiger partial charge in [0.15, 0.2) is 5.78 Å². The standard InChI is InChI=1S/C5H8O2.C4H7NO2/c1-4(2)5(6)7-3;1-3(5-7)4(2)6/h1H2,2-3H3;7H,1-2H3. The second kappa shape index (κ2) is 7.97. The van der Waals surface area contributed by atoms with Crippen molar-refractivity contribution in [2.75, 3.05) is 7.11 Å². The molecule has 0 rings (SSSR count). The van der Waals surface area contributed by atoms with Gasteiger partial charge in [0.2, 0.25) is 0 Å². The van der Waals surface area contributed by atoms with E-state index in [-0.39, 0.29) is 17.5 Å². The van der Waals surface area contributed by atoms with Gasteiger partial charge in [-0.25, -0.2) is 4.79 Å². The first-order chi connectivity index (χ1) is 6.36. The topological polar surface area (TPSA) is 76.0 Å². The predicted molar refractivity (Wildman–Crippen MR) is 52.4 cm³/mol. The van der Waals surface area contributed by atoms with Crippen LogP contribution in [-0.2, 0) is 14.3 Å². The van der Waals surface area contributed by atoms with Gasteiger partial charge in [-0.3, -0.25) is 4.79 Å². The Labute approximate surface area is 83.1 Å². The molecule has 0 aromatic carbocycles. The third kappa shape index (κ3) is 8.45. The maximum Gasteiger partial charge on any atom is 0.332 e. The summed E-state index contributed by atoms with van der Waals surface area (Å²) in [5, 5.41) is 10.5. The molecule has 5 nitrogen and oxygen atoms in total. The van der Waals surface area contributed by atoms with E-state index >= 15 is 0 Å². The largest absolute Gasteiger partial charge is 0.466 e. The average Bonchev–Trinajstić information content (AvgIpc) is 2.15. The minimum atomic E-state index is -0.347. The molecule has 5 heteroatoms. The molecule has 0 amide bonds. The Morgan fingerprint density at radius 2 is 1.71 bits per heavy atom. The summed E-state index contributed by atoms with van der Waals surface area (Å²) in [5.41, 5.74) is 0.572. The van der Waals surface area contributed by atoms with E-state index in [4.69, 9.17) is 5.21 Å². The number of hydrogen-bond acceptors (Lipinski definition) is 5. The van der Waals surface area contributed by atoms with Gasteiger partial charge in [-0.2, -0.15) is 0 Å². The lowest BCUT2D eigenvalue weighted by Crippen LogP contribution is -2.02. The zero-order valence-electron chi connectivity index (χ0n) is 8.83. The number of ketones is 1. The Hall–Kier alpha value is -1.65. The number of esters is 1. The molecule has 0 saturated carbocycles. The minimum absolute atomic E-state index is 0.139. The first-order valence-electron chi connectivity index (χ1n) is 3.80. The van der Waals surface area contributed by atoms with E-state index in [0.717, 1.165) is 0 Å². The van der Waals surface area contributed by atoms with Gasteiger partial charge in [-0.1, -0.05) is 11.7 Å². The fraction of sp³-hybridized carbons (Fsp3) is 0.444. The lowest BCUT2D eigenvalue weighted by Gasteiger charge is -1.91. The van der Waals surface area contributed by atoms with Crippen LogP contribution in [0, 0.1) is 0 Å². The van der Waals surface area contributed by atoms with Crippen LogP contribution in [0.2, 0.25) is 0 Å². The zero-order valence-corrected chi connectivity index (χ0v) is 8.83. The molecule has 0 spiro atoms. The lowest BCUT2D eigenvalue weighted by molar-refractivity contribution is -0.136. The van der Waals surface area contributed by atoms with Crippen molar-refractivity contribution in [1.29, 1.82) is 0 Å². The number of nitrogens with zero attached hydrogens (tertiary/aromatic N) is 1. The van der Waals surface area contributed by atoms with Crippen LogP contribution >= 0.6 is 0 Å². The number of ether oxygens (including phenoxy) is 1. The summed E-state index contributed by atoms with van der Waals surface area (Å²) in [6.45, 7) is 7.74. The molecular weight excluding hydrogens is 186 g/mol. The molecule has 0 atom stereocenters. The zero-order chi connectivity index (χ0) is 11.7. The second-order valence-corrected chi connectivity index (χ2v) is 2.51. The monoisotopic (exact) mass is 201 g/mol. The van der Waals surface area contributed by atoms with Crippen LogP contribution in [0.15, 0.2) is 17.3 Å². The average molecular weight is 201 g/mol. The van der Waals surface area contributed by atoms with Crippen molar-refractivity contribution in [1.82, 2.24) is 0 Å². The molecule has 0 radical (unpaired) electrons. The van der Waals surface area contributed by atoms with E-state index < -0.39 is 0 Å². The van der Waals surface area contributed by atoms with Crippen LogP contribution in [-0.4, -0.2) is 29.8 Å². The summed E-state index contributed by atoms with van der Waals surface area (Å²) in [5.74, 6) is -0.553. The Bertz CT molecular complexity index is 256. The van der Waals surface area contributed by atoms with Gasteiger partial charge in [0, 0.05) is 12.5 Å². The first-order valence-corrected chi connectivity index (χ1v) is 3.80. The van der Waals surface area contributed by atoms with E-state index in [0.29, 0.717) is 5.57 Å². The van der Waals surface area contributed by atoms with Gasteiger partial charge in [0.05, 0.1) is 7.11 Å². The fourth-order valence-electron chi connectivity index (χ4n) is 0.245. The molecule has 14 heavy (non-hydrogen) atoms. The molecule has 80 valence electrons. The number of methoxy groups -OCH3 is 1. The summed E-state index contributed by atoms with van der Waals surface area (Å²) in [6, 6.07) is 0. The van der Waals surface area contributed by atoms with E-state index in [1.165, 1.54) is 21.0 Å². The number of hydrogen-bond donors (Lipinski definition) is 1. The van der Waals surface area contributed by atoms with Gasteiger partial charge >= 0.3 is 5.97 Å². The van der Waals surface area contributed by atoms with Crippen LogP contribution in [0.5, 0.6) is 0 Å². The molecule has 0 aromatic heterocycles. The molecule has 0 bridgehead atoms. The highest BCUT2D eigenvalue weighted by atomic mass is 16.5. The van der Waals surface area contributed by atoms with Crippen molar-refractivity contribution >= 4 is 17.5 Å². The number of Topliss-reactive ketones (excluding diaryl/α,β-unsaturated/α-hetero) is 1. The van der Waals surface area contributed by atoms with E-state index in [1.807, 2.05) is 0 Å². The fourth-order valence-corrected chi connectivity index (χ4v) is 0.245. The molecule has 0 aromatic rings. The van der Waals surface area contributed by atoms with E-state index in [1.54, 1.807) is 6.92 Å². The van der Waals surface area contributed by atoms with Gasteiger partial charge < -0.3 is 9.94 Å². The molecule has 0 aliphatic rings. The van der Waals surface area contributed by atoms with E-state index in [2.05, 4.69) is 16.5 Å². The first kappa shape index (κ1) is 14.9. The van der Waals surface area contributed by atoms with Crippen molar-refractivity contribution in [3.63, 3.8) is 0 Å². The van der Waals surface area contributed by atoms with E-state index in [9.17, 15) is 9.59 Å². The molecule has 0 saturated heterocycles. The van der Waals surface area contributed by atoms with Crippen molar-refractivity contribution in [2.45, 2.75) is 20.8 Å². The van der Waals surface area contributed by atoms with Gasteiger partial charge in [0.25, 0.3) is 0 Å².